The molecule has 3 rings (SSSR count). The lowest BCUT2D eigenvalue weighted by molar-refractivity contribution is -0.202. The number of nitrogens with one attached hydrogen (secondary N) is 1. The summed E-state index contributed by atoms with van der Waals surface area (Å²) in [5.41, 5.74) is 1.30. The molecule has 2 fully saturated rings. The molecule has 2 aliphatic rings. The molecule has 26 heavy (non-hydrogen) atoms. The Morgan fingerprint density at radius 1 is 1.15 bits per heavy atom. The zero-order valence-electron chi connectivity index (χ0n) is 15.7. The van der Waals surface area contributed by atoms with Crippen molar-refractivity contribution in [2.24, 2.45) is 5.92 Å². The highest BCUT2D eigenvalue weighted by atomic mass is 16.7. The second-order valence-corrected chi connectivity index (χ2v) is 7.46. The van der Waals surface area contributed by atoms with E-state index >= 15 is 0 Å². The van der Waals surface area contributed by atoms with Gasteiger partial charge in [0.25, 0.3) is 0 Å². The van der Waals surface area contributed by atoms with Crippen LogP contribution in [0.5, 0.6) is 5.75 Å². The predicted molar refractivity (Wildman–Crippen MR) is 100 cm³/mol. The van der Waals surface area contributed by atoms with Gasteiger partial charge in [0.2, 0.25) is 5.91 Å². The monoisotopic (exact) mass is 361 g/mol. The van der Waals surface area contributed by atoms with E-state index in [1.54, 1.807) is 0 Å². The van der Waals surface area contributed by atoms with E-state index in [9.17, 15) is 4.79 Å². The third kappa shape index (κ3) is 6.29. The Kier molecular flexibility index (Phi) is 7.32. The molecule has 0 unspecified atom stereocenters. The molecule has 0 radical (unpaired) electrons. The van der Waals surface area contributed by atoms with Crippen LogP contribution in [0.15, 0.2) is 24.3 Å². The second kappa shape index (κ2) is 9.93. The van der Waals surface area contributed by atoms with Gasteiger partial charge in [-0.15, -0.1) is 0 Å². The van der Waals surface area contributed by atoms with Gasteiger partial charge in [0.1, 0.15) is 5.75 Å². The molecule has 0 atom stereocenters. The van der Waals surface area contributed by atoms with Gasteiger partial charge in [-0.2, -0.15) is 0 Å². The molecule has 1 aliphatic carbocycles. The molecule has 0 spiro atoms. The molecule has 1 heterocycles. The van der Waals surface area contributed by atoms with Crippen LogP contribution in [0.25, 0.3) is 0 Å². The van der Waals surface area contributed by atoms with Crippen LogP contribution in [0.3, 0.4) is 0 Å². The van der Waals surface area contributed by atoms with Crippen molar-refractivity contribution < 1.29 is 19.0 Å². The Bertz CT molecular complexity index is 546. The Morgan fingerprint density at radius 3 is 2.50 bits per heavy atom. The number of hydrogen-bond donors (Lipinski definition) is 1. The average molecular weight is 361 g/mol. The van der Waals surface area contributed by atoms with Crippen molar-refractivity contribution >= 4 is 5.91 Å². The van der Waals surface area contributed by atoms with Crippen LogP contribution in [0.4, 0.5) is 0 Å². The molecule has 1 aliphatic heterocycles. The van der Waals surface area contributed by atoms with Crippen LogP contribution in [0, 0.1) is 5.92 Å². The third-order valence-corrected chi connectivity index (χ3v) is 5.08. The Labute approximate surface area is 156 Å². The first kappa shape index (κ1) is 19.2. The third-order valence-electron chi connectivity index (χ3n) is 5.08. The lowest BCUT2D eigenvalue weighted by atomic mass is 10.00. The topological polar surface area (TPSA) is 56.8 Å². The van der Waals surface area contributed by atoms with Gasteiger partial charge in [0.15, 0.2) is 6.29 Å². The molecule has 144 valence electrons. The molecular weight excluding hydrogens is 330 g/mol. The fourth-order valence-corrected chi connectivity index (χ4v) is 3.64. The first-order chi connectivity index (χ1) is 12.7. The van der Waals surface area contributed by atoms with Gasteiger partial charge >= 0.3 is 0 Å². The van der Waals surface area contributed by atoms with Gasteiger partial charge in [0, 0.05) is 25.8 Å². The molecule has 5 heteroatoms. The van der Waals surface area contributed by atoms with Crippen LogP contribution in [0.1, 0.15) is 51.0 Å². The Balaban J connectivity index is 1.34. The van der Waals surface area contributed by atoms with Crippen molar-refractivity contribution in [2.75, 3.05) is 19.8 Å². The van der Waals surface area contributed by atoms with E-state index in [4.69, 9.17) is 14.2 Å². The van der Waals surface area contributed by atoms with Crippen molar-refractivity contribution in [3.05, 3.63) is 29.8 Å². The molecule has 1 aromatic carbocycles. The summed E-state index contributed by atoms with van der Waals surface area (Å²) >= 11 is 0. The summed E-state index contributed by atoms with van der Waals surface area (Å²) in [5.74, 6) is 1.38. The minimum atomic E-state index is -0.137. The summed E-state index contributed by atoms with van der Waals surface area (Å²) in [4.78, 5) is 10.8. The number of rotatable bonds is 8. The van der Waals surface area contributed by atoms with Crippen LogP contribution >= 0.6 is 0 Å². The Morgan fingerprint density at radius 2 is 1.85 bits per heavy atom. The van der Waals surface area contributed by atoms with E-state index in [0.29, 0.717) is 18.6 Å². The van der Waals surface area contributed by atoms with Crippen molar-refractivity contribution in [1.29, 1.82) is 0 Å². The maximum atomic E-state index is 10.8. The van der Waals surface area contributed by atoms with E-state index in [1.807, 2.05) is 0 Å². The lowest BCUT2D eigenvalue weighted by Gasteiger charge is -2.29. The van der Waals surface area contributed by atoms with Crippen LogP contribution in [-0.2, 0) is 20.7 Å². The number of carbonyl (C=O) groups excluding carboxylic acids is 1. The minimum absolute atomic E-state index is 0.00945. The number of hydrogen-bond acceptors (Lipinski definition) is 4. The smallest absolute Gasteiger partial charge is 0.216 e. The lowest BCUT2D eigenvalue weighted by Crippen LogP contribution is -2.33. The van der Waals surface area contributed by atoms with Gasteiger partial charge in [-0.05, 0) is 56.2 Å². The SMILES string of the molecule is CC(=O)NCCC[C@H]1OC[C@@H](Cc2ccc(OC3CCCC3)cc2)CO1. The number of ether oxygens (including phenoxy) is 3. The highest BCUT2D eigenvalue weighted by Crippen LogP contribution is 2.25. The van der Waals surface area contributed by atoms with E-state index in [1.165, 1.54) is 38.2 Å². The van der Waals surface area contributed by atoms with Gasteiger partial charge in [-0.3, -0.25) is 4.79 Å². The van der Waals surface area contributed by atoms with Crippen molar-refractivity contribution in [2.45, 2.75) is 64.3 Å². The fraction of sp³-hybridized carbons (Fsp3) is 0.667. The zero-order chi connectivity index (χ0) is 18.2. The first-order valence-corrected chi connectivity index (χ1v) is 9.92. The maximum absolute atomic E-state index is 10.8. The molecule has 1 amide bonds. The molecular formula is C21H31NO4. The second-order valence-electron chi connectivity index (χ2n) is 7.46. The van der Waals surface area contributed by atoms with Crippen molar-refractivity contribution in [3.63, 3.8) is 0 Å². The largest absolute Gasteiger partial charge is 0.490 e. The van der Waals surface area contributed by atoms with E-state index < -0.39 is 0 Å². The quantitative estimate of drug-likeness (QED) is 0.721. The number of amides is 1. The fourth-order valence-electron chi connectivity index (χ4n) is 3.64. The molecule has 0 bridgehead atoms. The van der Waals surface area contributed by atoms with E-state index in [2.05, 4.69) is 29.6 Å². The van der Waals surface area contributed by atoms with Crippen LogP contribution in [-0.4, -0.2) is 38.1 Å². The highest BCUT2D eigenvalue weighted by molar-refractivity contribution is 5.72. The van der Waals surface area contributed by atoms with Gasteiger partial charge in [-0.25, -0.2) is 0 Å². The molecule has 1 saturated heterocycles. The van der Waals surface area contributed by atoms with Crippen LogP contribution in [0.2, 0.25) is 0 Å². The zero-order valence-corrected chi connectivity index (χ0v) is 15.7. The summed E-state index contributed by atoms with van der Waals surface area (Å²) < 4.78 is 17.7. The van der Waals surface area contributed by atoms with Crippen molar-refractivity contribution in [1.82, 2.24) is 5.32 Å². The Hall–Kier alpha value is -1.59. The molecule has 1 aromatic rings. The average Bonchev–Trinajstić information content (AvgIpc) is 3.15. The normalized spacial score (nSPS) is 23.7. The summed E-state index contributed by atoms with van der Waals surface area (Å²) in [6.07, 6.45) is 7.87. The molecule has 0 aromatic heterocycles. The minimum Gasteiger partial charge on any atom is -0.490 e. The summed E-state index contributed by atoms with van der Waals surface area (Å²) in [6.45, 7) is 3.67. The van der Waals surface area contributed by atoms with E-state index in [-0.39, 0.29) is 12.2 Å². The number of benzene rings is 1. The van der Waals surface area contributed by atoms with Gasteiger partial charge < -0.3 is 19.5 Å². The maximum Gasteiger partial charge on any atom is 0.216 e. The van der Waals surface area contributed by atoms with Crippen LogP contribution < -0.4 is 10.1 Å². The number of carbonyl (C=O) groups is 1. The highest BCUT2D eigenvalue weighted by Gasteiger charge is 2.22. The summed E-state index contributed by atoms with van der Waals surface area (Å²) in [5, 5.41) is 2.79. The molecule has 5 nitrogen and oxygen atoms in total. The molecule has 1 saturated carbocycles. The standard InChI is InChI=1S/C21H31NO4/c1-16(23)22-12-4-7-21-24-14-18(15-25-21)13-17-8-10-20(11-9-17)26-19-5-2-3-6-19/h8-11,18-19,21H,2-7,12-15H2,1H3,(H,22,23)/t18-,21+. The summed E-state index contributed by atoms with van der Waals surface area (Å²) in [7, 11) is 0. The summed E-state index contributed by atoms with van der Waals surface area (Å²) in [6, 6.07) is 8.49. The predicted octanol–water partition coefficient (Wildman–Crippen LogP) is 3.46. The van der Waals surface area contributed by atoms with E-state index in [0.717, 1.165) is 38.2 Å². The van der Waals surface area contributed by atoms with Crippen molar-refractivity contribution in [3.8, 4) is 5.75 Å². The van der Waals surface area contributed by atoms with Gasteiger partial charge in [-0.1, -0.05) is 12.1 Å². The van der Waals surface area contributed by atoms with Gasteiger partial charge in [0.05, 0.1) is 19.3 Å². The first-order valence-electron chi connectivity index (χ1n) is 9.92. The molecule has 1 N–H and O–H groups in total.